The topological polar surface area (TPSA) is 9.23 Å². The molecule has 0 aliphatic heterocycles. The highest BCUT2D eigenvalue weighted by Gasteiger charge is 1.74. The summed E-state index contributed by atoms with van der Waals surface area (Å²) in [7, 11) is 1.73. The minimum atomic E-state index is 0. The molecular formula is C5H14O. The molecule has 0 bridgehead atoms. The Bertz CT molecular complexity index is 20.0. The van der Waals surface area contributed by atoms with Crippen LogP contribution in [0.15, 0.2) is 0 Å². The zero-order valence-electron chi connectivity index (χ0n) is 4.53. The third kappa shape index (κ3) is 3.96. The first-order valence-electron chi connectivity index (χ1n) is 2.40. The summed E-state index contributed by atoms with van der Waals surface area (Å²) >= 11 is 0. The molecule has 0 aliphatic rings. The largest absolute Gasteiger partial charge is 0.385 e. The standard InChI is InChI=1S/C5H12O.H2/c1-3-4-5-6-2;/h3-5H2,1-2H3;1H. The quantitative estimate of drug-likeness (QED) is 0.479. The Hall–Kier alpha value is -0.0400. The zero-order chi connectivity index (χ0) is 4.83. The monoisotopic (exact) mass is 90.1 g/mol. The van der Waals surface area contributed by atoms with Crippen LogP contribution in [0.4, 0.5) is 0 Å². The lowest BCUT2D eigenvalue weighted by Crippen LogP contribution is -1.84. The smallest absolute Gasteiger partial charge is 0.0462 e. The van der Waals surface area contributed by atoms with Gasteiger partial charge in [-0.05, 0) is 6.42 Å². The number of unbranched alkanes of at least 4 members (excludes halogenated alkanes) is 1. The lowest BCUT2D eigenvalue weighted by Gasteiger charge is -1.89. The molecule has 1 nitrogen and oxygen atoms in total. The summed E-state index contributed by atoms with van der Waals surface area (Å²) in [6.07, 6.45) is 2.42. The van der Waals surface area contributed by atoms with E-state index in [1.165, 1.54) is 12.8 Å². The average molecular weight is 90.2 g/mol. The minimum Gasteiger partial charge on any atom is -0.385 e. The van der Waals surface area contributed by atoms with Crippen LogP contribution in [0.3, 0.4) is 0 Å². The number of hydrogen-bond donors (Lipinski definition) is 0. The highest BCUT2D eigenvalue weighted by Crippen LogP contribution is 1.83. The lowest BCUT2D eigenvalue weighted by atomic mass is 10.4. The first-order chi connectivity index (χ1) is 2.91. The van der Waals surface area contributed by atoms with Crippen molar-refractivity contribution in [1.82, 2.24) is 0 Å². The summed E-state index contributed by atoms with van der Waals surface area (Å²) in [6, 6.07) is 0. The fourth-order valence-electron chi connectivity index (χ4n) is 0.289. The number of hydrogen-bond acceptors (Lipinski definition) is 1. The third-order valence-corrected chi connectivity index (χ3v) is 0.702. The van der Waals surface area contributed by atoms with Crippen LogP contribution >= 0.6 is 0 Å². The van der Waals surface area contributed by atoms with E-state index in [0.29, 0.717) is 0 Å². The van der Waals surface area contributed by atoms with Gasteiger partial charge in [-0.3, -0.25) is 0 Å². The molecule has 0 unspecified atom stereocenters. The molecule has 6 heavy (non-hydrogen) atoms. The van der Waals surface area contributed by atoms with E-state index in [1.807, 2.05) is 0 Å². The summed E-state index contributed by atoms with van der Waals surface area (Å²) in [5, 5.41) is 0. The molecule has 0 aromatic rings. The summed E-state index contributed by atoms with van der Waals surface area (Å²) < 4.78 is 4.78. The van der Waals surface area contributed by atoms with Crippen molar-refractivity contribution in [2.45, 2.75) is 19.8 Å². The van der Waals surface area contributed by atoms with Crippen LogP contribution in [0.2, 0.25) is 0 Å². The molecule has 0 heterocycles. The van der Waals surface area contributed by atoms with E-state index in [1.54, 1.807) is 7.11 Å². The first kappa shape index (κ1) is 5.96. The van der Waals surface area contributed by atoms with Gasteiger partial charge in [0.1, 0.15) is 0 Å². The zero-order valence-corrected chi connectivity index (χ0v) is 4.53. The summed E-state index contributed by atoms with van der Waals surface area (Å²) in [5.41, 5.74) is 0. The van der Waals surface area contributed by atoms with Crippen molar-refractivity contribution in [3.05, 3.63) is 0 Å². The van der Waals surface area contributed by atoms with Crippen LogP contribution in [0.25, 0.3) is 0 Å². The second-order valence-electron chi connectivity index (χ2n) is 1.35. The first-order valence-corrected chi connectivity index (χ1v) is 2.40. The van der Waals surface area contributed by atoms with Gasteiger partial charge < -0.3 is 4.74 Å². The van der Waals surface area contributed by atoms with Crippen molar-refractivity contribution in [2.24, 2.45) is 0 Å². The SMILES string of the molecule is CCCCOC.[HH]. The Balaban J connectivity index is 0. The molecule has 40 valence electrons. The van der Waals surface area contributed by atoms with Gasteiger partial charge in [-0.25, -0.2) is 0 Å². The Morgan fingerprint density at radius 3 is 2.50 bits per heavy atom. The highest BCUT2D eigenvalue weighted by molar-refractivity contribution is 4.26. The molecule has 0 aliphatic carbocycles. The lowest BCUT2D eigenvalue weighted by molar-refractivity contribution is 0.194. The van der Waals surface area contributed by atoms with Crippen molar-refractivity contribution >= 4 is 0 Å². The predicted octanol–water partition coefficient (Wildman–Crippen LogP) is 1.68. The van der Waals surface area contributed by atoms with Gasteiger partial charge in [-0.1, -0.05) is 13.3 Å². The van der Waals surface area contributed by atoms with Gasteiger partial charge in [0.15, 0.2) is 0 Å². The number of rotatable bonds is 3. The molecule has 0 amide bonds. The second kappa shape index (κ2) is 4.96. The Morgan fingerprint density at radius 2 is 2.33 bits per heavy atom. The molecular weight excluding hydrogens is 76.1 g/mol. The van der Waals surface area contributed by atoms with Crippen LogP contribution in [0.1, 0.15) is 21.2 Å². The molecule has 0 aromatic carbocycles. The number of methoxy groups -OCH3 is 1. The molecule has 0 fully saturated rings. The van der Waals surface area contributed by atoms with E-state index < -0.39 is 0 Å². The van der Waals surface area contributed by atoms with Crippen molar-refractivity contribution in [2.75, 3.05) is 13.7 Å². The van der Waals surface area contributed by atoms with Gasteiger partial charge in [-0.2, -0.15) is 0 Å². The summed E-state index contributed by atoms with van der Waals surface area (Å²) in [6.45, 7) is 3.07. The van der Waals surface area contributed by atoms with Crippen LogP contribution in [0, 0.1) is 0 Å². The fourth-order valence-corrected chi connectivity index (χ4v) is 0.289. The Kier molecular flexibility index (Phi) is 4.93. The van der Waals surface area contributed by atoms with E-state index in [0.717, 1.165) is 6.61 Å². The van der Waals surface area contributed by atoms with Gasteiger partial charge in [-0.15, -0.1) is 0 Å². The van der Waals surface area contributed by atoms with Crippen molar-refractivity contribution in [3.63, 3.8) is 0 Å². The van der Waals surface area contributed by atoms with Crippen molar-refractivity contribution in [1.29, 1.82) is 0 Å². The summed E-state index contributed by atoms with van der Waals surface area (Å²) in [5.74, 6) is 0. The van der Waals surface area contributed by atoms with E-state index in [2.05, 4.69) is 6.92 Å². The average Bonchev–Trinajstić information content (AvgIpc) is 1.61. The van der Waals surface area contributed by atoms with Gasteiger partial charge >= 0.3 is 0 Å². The number of ether oxygens (including phenoxy) is 1. The second-order valence-corrected chi connectivity index (χ2v) is 1.35. The third-order valence-electron chi connectivity index (χ3n) is 0.702. The van der Waals surface area contributed by atoms with E-state index in [-0.39, 0.29) is 1.43 Å². The van der Waals surface area contributed by atoms with Crippen LogP contribution in [-0.4, -0.2) is 13.7 Å². The molecule has 0 spiro atoms. The molecule has 1 heteroatoms. The molecule has 0 aromatic heterocycles. The molecule has 0 rings (SSSR count). The molecule has 0 N–H and O–H groups in total. The van der Waals surface area contributed by atoms with Crippen LogP contribution < -0.4 is 0 Å². The normalized spacial score (nSPS) is 9.00. The highest BCUT2D eigenvalue weighted by atomic mass is 16.5. The van der Waals surface area contributed by atoms with E-state index in [4.69, 9.17) is 4.74 Å². The van der Waals surface area contributed by atoms with Crippen molar-refractivity contribution < 1.29 is 6.16 Å². The summed E-state index contributed by atoms with van der Waals surface area (Å²) in [4.78, 5) is 0. The molecule has 0 atom stereocenters. The fraction of sp³-hybridized carbons (Fsp3) is 1.00. The minimum absolute atomic E-state index is 0. The molecule has 0 saturated heterocycles. The Morgan fingerprint density at radius 1 is 1.67 bits per heavy atom. The maximum Gasteiger partial charge on any atom is 0.0462 e. The van der Waals surface area contributed by atoms with Crippen LogP contribution in [-0.2, 0) is 4.74 Å². The van der Waals surface area contributed by atoms with Crippen molar-refractivity contribution in [3.8, 4) is 0 Å². The molecule has 0 radical (unpaired) electrons. The van der Waals surface area contributed by atoms with E-state index in [9.17, 15) is 0 Å². The predicted molar refractivity (Wildman–Crippen MR) is 28.9 cm³/mol. The maximum atomic E-state index is 4.78. The molecule has 0 saturated carbocycles. The van der Waals surface area contributed by atoms with Gasteiger partial charge in [0.2, 0.25) is 0 Å². The Labute approximate surface area is 40.8 Å². The van der Waals surface area contributed by atoms with Gasteiger partial charge in [0, 0.05) is 15.1 Å². The van der Waals surface area contributed by atoms with Gasteiger partial charge in [0.25, 0.3) is 0 Å². The van der Waals surface area contributed by atoms with E-state index >= 15 is 0 Å². The van der Waals surface area contributed by atoms with Crippen LogP contribution in [0.5, 0.6) is 0 Å². The van der Waals surface area contributed by atoms with Gasteiger partial charge in [0.05, 0.1) is 0 Å². The maximum absolute atomic E-state index is 4.78.